The molecule has 5 nitrogen and oxygen atoms in total. The summed E-state index contributed by atoms with van der Waals surface area (Å²) in [5.74, 6) is -1.51. The summed E-state index contributed by atoms with van der Waals surface area (Å²) in [6.45, 7) is 5.61. The van der Waals surface area contributed by atoms with Crippen LogP contribution in [0.3, 0.4) is 0 Å². The highest BCUT2D eigenvalue weighted by atomic mass is 16.4. The molecule has 0 aliphatic carbocycles. The molecule has 0 aromatic heterocycles. The lowest BCUT2D eigenvalue weighted by atomic mass is 9.96. The van der Waals surface area contributed by atoms with Crippen LogP contribution < -0.4 is 11.1 Å². The summed E-state index contributed by atoms with van der Waals surface area (Å²) in [6.07, 6.45) is 1.88. The van der Waals surface area contributed by atoms with Gasteiger partial charge in [0.05, 0.1) is 11.5 Å². The molecule has 0 bridgehead atoms. The number of rotatable bonds is 7. The number of carbonyl (C=O) groups is 2. The van der Waals surface area contributed by atoms with Crippen LogP contribution in [0.4, 0.5) is 0 Å². The first-order valence-corrected chi connectivity index (χ1v) is 5.61. The molecular weight excluding hydrogens is 208 g/mol. The van der Waals surface area contributed by atoms with E-state index in [2.05, 4.69) is 5.32 Å². The smallest absolute Gasteiger partial charge is 0.306 e. The van der Waals surface area contributed by atoms with Gasteiger partial charge in [0.2, 0.25) is 5.91 Å². The molecule has 2 atom stereocenters. The topological polar surface area (TPSA) is 92.4 Å². The van der Waals surface area contributed by atoms with Gasteiger partial charge in [0.25, 0.3) is 0 Å². The maximum absolute atomic E-state index is 11.6. The van der Waals surface area contributed by atoms with Crippen molar-refractivity contribution in [2.45, 2.75) is 45.6 Å². The molecule has 0 saturated carbocycles. The second-order valence-electron chi connectivity index (χ2n) is 4.45. The van der Waals surface area contributed by atoms with E-state index < -0.39 is 17.4 Å². The van der Waals surface area contributed by atoms with Gasteiger partial charge >= 0.3 is 5.97 Å². The second-order valence-corrected chi connectivity index (χ2v) is 4.45. The van der Waals surface area contributed by atoms with Crippen LogP contribution in [0.5, 0.6) is 0 Å². The first kappa shape index (κ1) is 14.9. The number of nitrogens with one attached hydrogen (secondary N) is 1. The first-order chi connectivity index (χ1) is 7.31. The van der Waals surface area contributed by atoms with Gasteiger partial charge < -0.3 is 16.2 Å². The summed E-state index contributed by atoms with van der Waals surface area (Å²) in [5.41, 5.74) is 4.96. The monoisotopic (exact) mass is 230 g/mol. The zero-order chi connectivity index (χ0) is 12.8. The summed E-state index contributed by atoms with van der Waals surface area (Å²) >= 11 is 0. The number of aliphatic carboxylic acids is 1. The summed E-state index contributed by atoms with van der Waals surface area (Å²) in [5, 5.41) is 11.3. The highest BCUT2D eigenvalue weighted by Crippen LogP contribution is 2.08. The van der Waals surface area contributed by atoms with Crippen molar-refractivity contribution >= 4 is 11.9 Å². The van der Waals surface area contributed by atoms with Crippen molar-refractivity contribution in [3.8, 4) is 0 Å². The van der Waals surface area contributed by atoms with E-state index >= 15 is 0 Å². The van der Waals surface area contributed by atoms with Gasteiger partial charge in [-0.15, -0.1) is 0 Å². The number of carbonyl (C=O) groups excluding carboxylic acids is 1. The van der Waals surface area contributed by atoms with Crippen molar-refractivity contribution in [1.29, 1.82) is 0 Å². The van der Waals surface area contributed by atoms with Gasteiger partial charge in [0.1, 0.15) is 0 Å². The molecule has 0 radical (unpaired) electrons. The van der Waals surface area contributed by atoms with Gasteiger partial charge in [-0.1, -0.05) is 20.3 Å². The van der Waals surface area contributed by atoms with Crippen LogP contribution in [0.1, 0.15) is 40.0 Å². The van der Waals surface area contributed by atoms with Crippen molar-refractivity contribution in [1.82, 2.24) is 5.32 Å². The predicted molar refractivity (Wildman–Crippen MR) is 61.9 cm³/mol. The molecule has 0 spiro atoms. The summed E-state index contributed by atoms with van der Waals surface area (Å²) in [4.78, 5) is 22.2. The summed E-state index contributed by atoms with van der Waals surface area (Å²) < 4.78 is 0. The molecule has 0 aliphatic heterocycles. The van der Waals surface area contributed by atoms with Gasteiger partial charge in [-0.2, -0.15) is 0 Å². The minimum Gasteiger partial charge on any atom is -0.481 e. The van der Waals surface area contributed by atoms with Gasteiger partial charge in [-0.25, -0.2) is 0 Å². The molecule has 16 heavy (non-hydrogen) atoms. The van der Waals surface area contributed by atoms with Crippen LogP contribution in [0.2, 0.25) is 0 Å². The maximum atomic E-state index is 11.6. The molecule has 0 fully saturated rings. The number of nitrogens with two attached hydrogens (primary N) is 1. The van der Waals surface area contributed by atoms with Gasteiger partial charge in [-0.3, -0.25) is 9.59 Å². The minimum atomic E-state index is -0.860. The summed E-state index contributed by atoms with van der Waals surface area (Å²) in [7, 11) is 0. The Morgan fingerprint density at radius 3 is 2.50 bits per heavy atom. The Bertz CT molecular complexity index is 252. The fraction of sp³-hybridized carbons (Fsp3) is 0.818. The fourth-order valence-corrected chi connectivity index (χ4v) is 1.36. The number of carboxylic acid groups (broad SMARTS) is 1. The zero-order valence-electron chi connectivity index (χ0n) is 10.2. The van der Waals surface area contributed by atoms with Crippen LogP contribution in [-0.2, 0) is 9.59 Å². The lowest BCUT2D eigenvalue weighted by Gasteiger charge is -2.23. The molecule has 0 aliphatic rings. The third-order valence-electron chi connectivity index (χ3n) is 2.57. The molecular formula is C11H22N2O3. The lowest BCUT2D eigenvalue weighted by Crippen LogP contribution is -2.51. The van der Waals surface area contributed by atoms with Crippen molar-refractivity contribution in [2.24, 2.45) is 11.7 Å². The Balaban J connectivity index is 3.94. The molecule has 4 N–H and O–H groups in total. The van der Waals surface area contributed by atoms with Crippen molar-refractivity contribution in [3.05, 3.63) is 0 Å². The molecule has 1 amide bonds. The van der Waals surface area contributed by atoms with Gasteiger partial charge in [0.15, 0.2) is 0 Å². The Kier molecular flexibility index (Phi) is 6.03. The predicted octanol–water partition coefficient (Wildman–Crippen LogP) is 0.731. The van der Waals surface area contributed by atoms with E-state index in [1.54, 1.807) is 13.8 Å². The zero-order valence-corrected chi connectivity index (χ0v) is 10.2. The molecule has 94 valence electrons. The van der Waals surface area contributed by atoms with Crippen LogP contribution in [-0.4, -0.2) is 29.1 Å². The molecule has 0 saturated heterocycles. The quantitative estimate of drug-likeness (QED) is 0.601. The third-order valence-corrected chi connectivity index (χ3v) is 2.57. The SMILES string of the molecule is CCCC(C)(N)C(=O)NCCC(C)C(=O)O. The molecule has 0 aromatic carbocycles. The second kappa shape index (κ2) is 6.48. The van der Waals surface area contributed by atoms with Crippen molar-refractivity contribution in [2.75, 3.05) is 6.54 Å². The van der Waals surface area contributed by atoms with Gasteiger partial charge in [-0.05, 0) is 19.8 Å². The van der Waals surface area contributed by atoms with E-state index in [0.717, 1.165) is 6.42 Å². The van der Waals surface area contributed by atoms with E-state index in [-0.39, 0.29) is 5.91 Å². The third kappa shape index (κ3) is 5.11. The Labute approximate surface area is 96.4 Å². The average molecular weight is 230 g/mol. The first-order valence-electron chi connectivity index (χ1n) is 5.61. The average Bonchev–Trinajstić information content (AvgIpc) is 2.16. The fourth-order valence-electron chi connectivity index (χ4n) is 1.36. The van der Waals surface area contributed by atoms with Crippen molar-refractivity contribution < 1.29 is 14.7 Å². The lowest BCUT2D eigenvalue weighted by molar-refractivity contribution is -0.141. The molecule has 5 heteroatoms. The van der Waals surface area contributed by atoms with Crippen LogP contribution in [0.25, 0.3) is 0 Å². The highest BCUT2D eigenvalue weighted by Gasteiger charge is 2.26. The molecule has 0 aromatic rings. The Morgan fingerprint density at radius 1 is 1.50 bits per heavy atom. The van der Waals surface area contributed by atoms with E-state index in [4.69, 9.17) is 10.8 Å². The van der Waals surface area contributed by atoms with Gasteiger partial charge in [0, 0.05) is 6.54 Å². The molecule has 2 unspecified atom stereocenters. The van der Waals surface area contributed by atoms with E-state index in [1.807, 2.05) is 6.92 Å². The normalized spacial score (nSPS) is 16.2. The Morgan fingerprint density at radius 2 is 2.06 bits per heavy atom. The van der Waals surface area contributed by atoms with Crippen molar-refractivity contribution in [3.63, 3.8) is 0 Å². The number of carboxylic acids is 1. The number of amides is 1. The highest BCUT2D eigenvalue weighted by molar-refractivity contribution is 5.85. The maximum Gasteiger partial charge on any atom is 0.306 e. The van der Waals surface area contributed by atoms with E-state index in [1.165, 1.54) is 0 Å². The van der Waals surface area contributed by atoms with Crippen LogP contribution in [0, 0.1) is 5.92 Å². The summed E-state index contributed by atoms with van der Waals surface area (Å²) in [6, 6.07) is 0. The molecule has 0 heterocycles. The largest absolute Gasteiger partial charge is 0.481 e. The van der Waals surface area contributed by atoms with Crippen LogP contribution in [0.15, 0.2) is 0 Å². The van der Waals surface area contributed by atoms with E-state index in [9.17, 15) is 9.59 Å². The van der Waals surface area contributed by atoms with Crippen LogP contribution >= 0.6 is 0 Å². The minimum absolute atomic E-state index is 0.216. The number of hydrogen-bond acceptors (Lipinski definition) is 3. The molecule has 0 rings (SSSR count). The van der Waals surface area contributed by atoms with E-state index in [0.29, 0.717) is 19.4 Å². The Hall–Kier alpha value is -1.10. The number of hydrogen-bond donors (Lipinski definition) is 3. The standard InChI is InChI=1S/C11H22N2O3/c1-4-6-11(3,12)10(16)13-7-5-8(2)9(14)15/h8H,4-7,12H2,1-3H3,(H,13,16)(H,14,15).